The van der Waals surface area contributed by atoms with Gasteiger partial charge in [-0.1, -0.05) is 11.2 Å². The highest BCUT2D eigenvalue weighted by molar-refractivity contribution is 5.11. The molecule has 0 atom stereocenters. The van der Waals surface area contributed by atoms with Crippen LogP contribution in [0.15, 0.2) is 23.3 Å². The van der Waals surface area contributed by atoms with Gasteiger partial charge < -0.3 is 5.32 Å². The molecule has 0 unspecified atom stereocenters. The van der Waals surface area contributed by atoms with Gasteiger partial charge in [0, 0.05) is 43.3 Å². The summed E-state index contributed by atoms with van der Waals surface area (Å²) in [5, 5.41) is 6.85. The van der Waals surface area contributed by atoms with Gasteiger partial charge in [-0.25, -0.2) is 0 Å². The minimum atomic E-state index is 0.325. The Bertz CT molecular complexity index is 406. The Morgan fingerprint density at radius 2 is 2.12 bits per heavy atom. The van der Waals surface area contributed by atoms with Gasteiger partial charge in [0.2, 0.25) is 0 Å². The van der Waals surface area contributed by atoms with Crippen molar-refractivity contribution in [2.45, 2.75) is 13.1 Å². The molecule has 90 valence electrons. The van der Waals surface area contributed by atoms with Gasteiger partial charge in [0.15, 0.2) is 0 Å². The Kier molecular flexibility index (Phi) is 4.32. The van der Waals surface area contributed by atoms with Crippen LogP contribution in [0, 0.1) is 0 Å². The normalized spacial score (nSPS) is 16.5. The Morgan fingerprint density at radius 3 is 2.88 bits per heavy atom. The minimum absolute atomic E-state index is 0.325. The molecule has 1 aliphatic rings. The van der Waals surface area contributed by atoms with E-state index in [2.05, 4.69) is 25.2 Å². The van der Waals surface area contributed by atoms with Gasteiger partial charge in [0.05, 0.1) is 12.2 Å². The van der Waals surface area contributed by atoms with Crippen molar-refractivity contribution in [1.82, 2.24) is 15.2 Å². The summed E-state index contributed by atoms with van der Waals surface area (Å²) in [6.07, 6.45) is 0. The molecule has 1 N–H and O–H groups in total. The van der Waals surface area contributed by atoms with Crippen LogP contribution in [0.3, 0.4) is 0 Å². The van der Waals surface area contributed by atoms with Gasteiger partial charge in [-0.2, -0.15) is 0 Å². The van der Waals surface area contributed by atoms with Crippen LogP contribution in [-0.4, -0.2) is 36.1 Å². The first-order valence-corrected chi connectivity index (χ1v) is 5.77. The minimum Gasteiger partial charge on any atom is -0.314 e. The molecule has 0 spiro atoms. The van der Waals surface area contributed by atoms with Crippen LogP contribution in [0.1, 0.15) is 11.4 Å². The molecule has 1 aromatic heterocycles. The fourth-order valence-electron chi connectivity index (χ4n) is 1.91. The van der Waals surface area contributed by atoms with Crippen LogP contribution >= 0.6 is 0 Å². The van der Waals surface area contributed by atoms with E-state index in [1.807, 2.05) is 18.2 Å². The number of nitrogens with one attached hydrogen (secondary N) is 1. The van der Waals surface area contributed by atoms with Crippen molar-refractivity contribution in [2.75, 3.05) is 26.2 Å². The van der Waals surface area contributed by atoms with Crippen molar-refractivity contribution in [3.8, 4) is 0 Å². The van der Waals surface area contributed by atoms with E-state index in [9.17, 15) is 0 Å². The number of hydrogen-bond donors (Lipinski definition) is 1. The highest BCUT2D eigenvalue weighted by Crippen LogP contribution is 2.05. The summed E-state index contributed by atoms with van der Waals surface area (Å²) in [6.45, 7) is 5.39. The summed E-state index contributed by atoms with van der Waals surface area (Å²) in [4.78, 5) is 9.59. The Morgan fingerprint density at radius 1 is 1.35 bits per heavy atom. The highest BCUT2D eigenvalue weighted by atomic mass is 15.2. The maximum atomic E-state index is 8.27. The van der Waals surface area contributed by atoms with E-state index in [0.717, 1.165) is 44.1 Å². The van der Waals surface area contributed by atoms with E-state index in [4.69, 9.17) is 5.53 Å². The second-order valence-corrected chi connectivity index (χ2v) is 4.04. The average Bonchev–Trinajstić information content (AvgIpc) is 2.38. The Balaban J connectivity index is 1.97. The molecule has 0 amide bonds. The smallest absolute Gasteiger partial charge is 0.0684 e. The lowest BCUT2D eigenvalue weighted by Gasteiger charge is -2.26. The third-order valence-corrected chi connectivity index (χ3v) is 2.76. The van der Waals surface area contributed by atoms with Gasteiger partial charge in [-0.05, 0) is 17.7 Å². The van der Waals surface area contributed by atoms with Crippen LogP contribution < -0.4 is 5.32 Å². The van der Waals surface area contributed by atoms with E-state index >= 15 is 0 Å². The summed E-state index contributed by atoms with van der Waals surface area (Å²) in [7, 11) is 0. The highest BCUT2D eigenvalue weighted by Gasteiger charge is 2.10. The van der Waals surface area contributed by atoms with E-state index in [-0.39, 0.29) is 0 Å². The zero-order valence-corrected chi connectivity index (χ0v) is 9.71. The fraction of sp³-hybridized carbons (Fsp3) is 0.545. The molecule has 6 heteroatoms. The van der Waals surface area contributed by atoms with Crippen LogP contribution in [0.4, 0.5) is 0 Å². The van der Waals surface area contributed by atoms with Gasteiger partial charge in [-0.3, -0.25) is 9.88 Å². The van der Waals surface area contributed by atoms with E-state index in [0.29, 0.717) is 6.54 Å². The van der Waals surface area contributed by atoms with Crippen LogP contribution in [0.5, 0.6) is 0 Å². The predicted molar refractivity (Wildman–Crippen MR) is 65.2 cm³/mol. The second-order valence-electron chi connectivity index (χ2n) is 4.04. The molecular formula is C11H16N6. The lowest BCUT2D eigenvalue weighted by atomic mass is 10.2. The predicted octanol–water partition coefficient (Wildman–Crippen LogP) is 1.30. The second kappa shape index (κ2) is 6.20. The summed E-state index contributed by atoms with van der Waals surface area (Å²) in [6, 6.07) is 5.87. The van der Waals surface area contributed by atoms with Gasteiger partial charge in [-0.15, -0.1) is 0 Å². The quantitative estimate of drug-likeness (QED) is 0.483. The fourth-order valence-corrected chi connectivity index (χ4v) is 1.91. The van der Waals surface area contributed by atoms with Crippen molar-refractivity contribution in [2.24, 2.45) is 5.11 Å². The van der Waals surface area contributed by atoms with E-state index < -0.39 is 0 Å². The van der Waals surface area contributed by atoms with Crippen molar-refractivity contribution in [1.29, 1.82) is 0 Å². The summed E-state index contributed by atoms with van der Waals surface area (Å²) < 4.78 is 0. The molecule has 1 fully saturated rings. The van der Waals surface area contributed by atoms with Crippen LogP contribution in [0.25, 0.3) is 10.4 Å². The topological polar surface area (TPSA) is 76.9 Å². The monoisotopic (exact) mass is 232 g/mol. The molecule has 2 rings (SSSR count). The molecule has 0 aliphatic carbocycles. The Hall–Kier alpha value is -1.62. The summed E-state index contributed by atoms with van der Waals surface area (Å²) in [5.41, 5.74) is 10.1. The first kappa shape index (κ1) is 11.9. The first-order valence-electron chi connectivity index (χ1n) is 5.77. The molecule has 0 radical (unpaired) electrons. The molecule has 6 nitrogen and oxygen atoms in total. The molecule has 1 aromatic rings. The zero-order chi connectivity index (χ0) is 11.9. The maximum Gasteiger partial charge on any atom is 0.0684 e. The largest absolute Gasteiger partial charge is 0.314 e. The van der Waals surface area contributed by atoms with Crippen LogP contribution in [0.2, 0.25) is 0 Å². The molecule has 1 saturated heterocycles. The molecule has 2 heterocycles. The van der Waals surface area contributed by atoms with Gasteiger partial charge in [0.1, 0.15) is 0 Å². The lowest BCUT2D eigenvalue weighted by Crippen LogP contribution is -2.43. The number of azide groups is 1. The van der Waals surface area contributed by atoms with Crippen molar-refractivity contribution < 1.29 is 0 Å². The van der Waals surface area contributed by atoms with E-state index in [1.54, 1.807) is 0 Å². The molecule has 0 bridgehead atoms. The SMILES string of the molecule is [N-]=[N+]=NCc1cccc(CN2CCNCC2)n1. The van der Waals surface area contributed by atoms with Crippen molar-refractivity contribution in [3.63, 3.8) is 0 Å². The standard InChI is InChI=1S/C11H16N6/c12-16-14-8-10-2-1-3-11(15-10)9-17-6-4-13-5-7-17/h1-3,13H,4-9H2. The van der Waals surface area contributed by atoms with Crippen molar-refractivity contribution >= 4 is 0 Å². The maximum absolute atomic E-state index is 8.27. The van der Waals surface area contributed by atoms with Gasteiger partial charge in [0.25, 0.3) is 0 Å². The lowest BCUT2D eigenvalue weighted by molar-refractivity contribution is 0.230. The number of rotatable bonds is 4. The number of hydrogen-bond acceptors (Lipinski definition) is 4. The molecule has 1 aliphatic heterocycles. The zero-order valence-electron chi connectivity index (χ0n) is 9.71. The molecule has 0 aromatic carbocycles. The number of nitrogens with zero attached hydrogens (tertiary/aromatic N) is 5. The van der Waals surface area contributed by atoms with Crippen LogP contribution in [-0.2, 0) is 13.1 Å². The summed E-state index contributed by atoms with van der Waals surface area (Å²) in [5.74, 6) is 0. The number of pyridine rings is 1. The third-order valence-electron chi connectivity index (χ3n) is 2.76. The Labute approximate surface area is 100 Å². The first-order chi connectivity index (χ1) is 8.38. The third kappa shape index (κ3) is 3.71. The molecule has 0 saturated carbocycles. The van der Waals surface area contributed by atoms with E-state index in [1.165, 1.54) is 0 Å². The average molecular weight is 232 g/mol. The number of aromatic nitrogens is 1. The molecule has 17 heavy (non-hydrogen) atoms. The van der Waals surface area contributed by atoms with Crippen molar-refractivity contribution in [3.05, 3.63) is 40.0 Å². The molecular weight excluding hydrogens is 216 g/mol. The number of piperazine rings is 1. The van der Waals surface area contributed by atoms with Gasteiger partial charge >= 0.3 is 0 Å². The summed E-state index contributed by atoms with van der Waals surface area (Å²) >= 11 is 0.